The molecule has 1 atom stereocenters. The minimum absolute atomic E-state index is 0.0372. The number of aromatic nitrogens is 4. The van der Waals surface area contributed by atoms with E-state index in [1.54, 1.807) is 0 Å². The fourth-order valence-corrected chi connectivity index (χ4v) is 2.70. The van der Waals surface area contributed by atoms with Crippen molar-refractivity contribution < 1.29 is 10.2 Å². The zero-order chi connectivity index (χ0) is 18.8. The minimum atomic E-state index is -1.07. The number of aliphatic hydroxyl groups excluding tert-OH is 2. The highest BCUT2D eigenvalue weighted by Crippen LogP contribution is 2.17. The highest BCUT2D eigenvalue weighted by molar-refractivity contribution is 5.74. The molecule has 2 heterocycles. The summed E-state index contributed by atoms with van der Waals surface area (Å²) in [6.07, 6.45) is -1.07. The standard InChI is InChI=1S/C17H21N5O4/c1-10-3-5-11(6-4-10)7-18-16-19-14-13(22(16)8-12(24)9-23)15(25)20-17(26)21(14)2/h3-6,12,23-24H,7-9H2,1-2H3,(H,18,19)(H,20,25,26)/t12-/m1/s1. The molecule has 1 aromatic carbocycles. The SMILES string of the molecule is Cc1ccc(CNc2nc3c(c(=O)[nH]c(=O)n3C)n2C[C@@H](O)CO)cc1. The molecule has 0 aliphatic rings. The molecule has 138 valence electrons. The number of nitrogens with one attached hydrogen (secondary N) is 2. The quantitative estimate of drug-likeness (QED) is 0.479. The van der Waals surface area contributed by atoms with Crippen LogP contribution in [0.4, 0.5) is 5.95 Å². The second-order valence-corrected chi connectivity index (χ2v) is 6.21. The maximum absolute atomic E-state index is 12.3. The molecule has 0 amide bonds. The van der Waals surface area contributed by atoms with Gasteiger partial charge in [-0.3, -0.25) is 14.3 Å². The number of hydrogen-bond donors (Lipinski definition) is 4. The molecule has 0 aliphatic heterocycles. The lowest BCUT2D eigenvalue weighted by Crippen LogP contribution is -2.30. The fourth-order valence-electron chi connectivity index (χ4n) is 2.70. The molecule has 0 bridgehead atoms. The number of aromatic amines is 1. The summed E-state index contributed by atoms with van der Waals surface area (Å²) >= 11 is 0. The van der Waals surface area contributed by atoms with Gasteiger partial charge in [-0.05, 0) is 12.5 Å². The molecule has 0 unspecified atom stereocenters. The van der Waals surface area contributed by atoms with Crippen molar-refractivity contribution in [3.63, 3.8) is 0 Å². The fraction of sp³-hybridized carbons (Fsp3) is 0.353. The molecule has 3 rings (SSSR count). The molecule has 0 saturated carbocycles. The van der Waals surface area contributed by atoms with Gasteiger partial charge in [-0.1, -0.05) is 29.8 Å². The zero-order valence-electron chi connectivity index (χ0n) is 14.6. The third-order valence-electron chi connectivity index (χ3n) is 4.18. The molecule has 26 heavy (non-hydrogen) atoms. The Balaban J connectivity index is 2.04. The van der Waals surface area contributed by atoms with Crippen LogP contribution in [0, 0.1) is 6.92 Å². The van der Waals surface area contributed by atoms with Crippen molar-refractivity contribution in [1.82, 2.24) is 19.1 Å². The lowest BCUT2D eigenvalue weighted by molar-refractivity contribution is 0.0825. The lowest BCUT2D eigenvalue weighted by atomic mass is 10.1. The van der Waals surface area contributed by atoms with Crippen molar-refractivity contribution in [2.75, 3.05) is 11.9 Å². The van der Waals surface area contributed by atoms with Gasteiger partial charge in [-0.25, -0.2) is 4.79 Å². The first-order chi connectivity index (χ1) is 12.4. The number of rotatable bonds is 6. The minimum Gasteiger partial charge on any atom is -0.394 e. The summed E-state index contributed by atoms with van der Waals surface area (Å²) in [5.41, 5.74) is 1.36. The topological polar surface area (TPSA) is 125 Å². The van der Waals surface area contributed by atoms with Crippen LogP contribution in [-0.4, -0.2) is 42.0 Å². The van der Waals surface area contributed by atoms with E-state index in [0.29, 0.717) is 12.5 Å². The lowest BCUT2D eigenvalue weighted by Gasteiger charge is -2.13. The van der Waals surface area contributed by atoms with E-state index in [0.717, 1.165) is 11.1 Å². The summed E-state index contributed by atoms with van der Waals surface area (Å²) in [5, 5.41) is 22.1. The highest BCUT2D eigenvalue weighted by atomic mass is 16.3. The Hall–Kier alpha value is -2.91. The summed E-state index contributed by atoms with van der Waals surface area (Å²) in [4.78, 5) is 30.7. The molecular weight excluding hydrogens is 338 g/mol. The van der Waals surface area contributed by atoms with Crippen molar-refractivity contribution in [2.45, 2.75) is 26.1 Å². The van der Waals surface area contributed by atoms with E-state index < -0.39 is 24.0 Å². The average molecular weight is 359 g/mol. The second kappa shape index (κ2) is 7.14. The Kier molecular flexibility index (Phi) is 4.92. The predicted octanol–water partition coefficient (Wildman–Crippen LogP) is -0.303. The van der Waals surface area contributed by atoms with Crippen molar-refractivity contribution in [1.29, 1.82) is 0 Å². The van der Waals surface area contributed by atoms with Crippen LogP contribution in [0.5, 0.6) is 0 Å². The number of fused-ring (bicyclic) bond motifs is 1. The number of H-pyrrole nitrogens is 1. The summed E-state index contributed by atoms with van der Waals surface area (Å²) in [6.45, 7) is 1.95. The molecule has 9 heteroatoms. The normalized spacial score (nSPS) is 12.5. The molecule has 3 aromatic rings. The van der Waals surface area contributed by atoms with Crippen molar-refractivity contribution in [3.8, 4) is 0 Å². The summed E-state index contributed by atoms with van der Waals surface area (Å²) in [7, 11) is 1.50. The summed E-state index contributed by atoms with van der Waals surface area (Å²) in [5.74, 6) is 0.333. The van der Waals surface area contributed by atoms with Gasteiger partial charge in [-0.15, -0.1) is 0 Å². The molecule has 9 nitrogen and oxygen atoms in total. The van der Waals surface area contributed by atoms with Crippen LogP contribution in [0.2, 0.25) is 0 Å². The number of aryl methyl sites for hydroxylation is 2. The third-order valence-corrected chi connectivity index (χ3v) is 4.18. The first kappa shape index (κ1) is 17.9. The van der Waals surface area contributed by atoms with E-state index in [1.165, 1.54) is 16.2 Å². The molecular formula is C17H21N5O4. The number of aliphatic hydroxyl groups is 2. The maximum Gasteiger partial charge on any atom is 0.329 e. The molecule has 0 saturated heterocycles. The Morgan fingerprint density at radius 1 is 1.27 bits per heavy atom. The molecule has 2 aromatic heterocycles. The van der Waals surface area contributed by atoms with E-state index in [4.69, 9.17) is 5.11 Å². The van der Waals surface area contributed by atoms with Crippen molar-refractivity contribution >= 4 is 17.1 Å². The molecule has 0 radical (unpaired) electrons. The van der Waals surface area contributed by atoms with Gasteiger partial charge in [0.2, 0.25) is 5.95 Å². The third kappa shape index (κ3) is 3.39. The van der Waals surface area contributed by atoms with Crippen LogP contribution >= 0.6 is 0 Å². The largest absolute Gasteiger partial charge is 0.394 e. The van der Waals surface area contributed by atoms with Gasteiger partial charge in [-0.2, -0.15) is 4.98 Å². The van der Waals surface area contributed by atoms with Crippen molar-refractivity contribution in [3.05, 3.63) is 56.2 Å². The van der Waals surface area contributed by atoms with Crippen LogP contribution in [0.15, 0.2) is 33.9 Å². The Morgan fingerprint density at radius 3 is 2.62 bits per heavy atom. The average Bonchev–Trinajstić information content (AvgIpc) is 2.98. The van der Waals surface area contributed by atoms with Crippen LogP contribution < -0.4 is 16.6 Å². The Bertz CT molecular complexity index is 1030. The number of hydrogen-bond acceptors (Lipinski definition) is 6. The predicted molar refractivity (Wildman–Crippen MR) is 97.2 cm³/mol. The van der Waals surface area contributed by atoms with E-state index >= 15 is 0 Å². The van der Waals surface area contributed by atoms with Gasteiger partial charge in [0.25, 0.3) is 5.56 Å². The molecule has 0 aliphatic carbocycles. The molecule has 4 N–H and O–H groups in total. The summed E-state index contributed by atoms with van der Waals surface area (Å²) in [6, 6.07) is 7.93. The molecule has 0 spiro atoms. The number of imidazole rings is 1. The van der Waals surface area contributed by atoms with Crippen LogP contribution in [-0.2, 0) is 20.1 Å². The van der Waals surface area contributed by atoms with Gasteiger partial charge in [0, 0.05) is 13.6 Å². The highest BCUT2D eigenvalue weighted by Gasteiger charge is 2.19. The van der Waals surface area contributed by atoms with Gasteiger partial charge in [0.05, 0.1) is 19.3 Å². The van der Waals surface area contributed by atoms with Gasteiger partial charge < -0.3 is 20.1 Å². The van der Waals surface area contributed by atoms with E-state index in [9.17, 15) is 14.7 Å². The first-order valence-electron chi connectivity index (χ1n) is 8.18. The van der Waals surface area contributed by atoms with Crippen molar-refractivity contribution in [2.24, 2.45) is 7.05 Å². The first-order valence-corrected chi connectivity index (χ1v) is 8.18. The van der Waals surface area contributed by atoms with Crippen LogP contribution in [0.3, 0.4) is 0 Å². The smallest absolute Gasteiger partial charge is 0.329 e. The Labute approximate surface area is 148 Å². The molecule has 0 fully saturated rings. The van der Waals surface area contributed by atoms with Crippen LogP contribution in [0.25, 0.3) is 11.2 Å². The monoisotopic (exact) mass is 359 g/mol. The van der Waals surface area contributed by atoms with Crippen LogP contribution in [0.1, 0.15) is 11.1 Å². The van der Waals surface area contributed by atoms with Gasteiger partial charge in [0.15, 0.2) is 11.2 Å². The maximum atomic E-state index is 12.3. The van der Waals surface area contributed by atoms with E-state index in [2.05, 4.69) is 15.3 Å². The number of benzene rings is 1. The van der Waals surface area contributed by atoms with Gasteiger partial charge >= 0.3 is 5.69 Å². The number of nitrogens with zero attached hydrogens (tertiary/aromatic N) is 3. The van der Waals surface area contributed by atoms with E-state index in [1.807, 2.05) is 31.2 Å². The zero-order valence-corrected chi connectivity index (χ0v) is 14.6. The Morgan fingerprint density at radius 2 is 1.96 bits per heavy atom. The van der Waals surface area contributed by atoms with E-state index in [-0.39, 0.29) is 17.7 Å². The second-order valence-electron chi connectivity index (χ2n) is 6.21. The number of anilines is 1. The van der Waals surface area contributed by atoms with Gasteiger partial charge in [0.1, 0.15) is 0 Å². The summed E-state index contributed by atoms with van der Waals surface area (Å²) < 4.78 is 2.71.